The van der Waals surface area contributed by atoms with E-state index in [0.29, 0.717) is 0 Å². The van der Waals surface area contributed by atoms with Gasteiger partial charge in [-0.15, -0.1) is 0 Å². The van der Waals surface area contributed by atoms with Gasteiger partial charge in [-0.25, -0.2) is 0 Å². The first-order chi connectivity index (χ1) is 12.0. The average Bonchev–Trinajstić information content (AvgIpc) is 2.58. The molecule has 0 heterocycles. The average molecular weight is 451 g/mol. The molecule has 0 unspecified atom stereocenters. The zero-order valence-electron chi connectivity index (χ0n) is 13.2. The molecule has 0 amide bonds. The lowest BCUT2D eigenvalue weighted by molar-refractivity contribution is 0.0969. The number of rotatable bonds is 2. The van der Waals surface area contributed by atoms with Crippen molar-refractivity contribution in [2.24, 2.45) is 4.40 Å². The van der Waals surface area contributed by atoms with Crippen molar-refractivity contribution in [1.82, 2.24) is 0 Å². The number of carbonyl (C=O) groups is 1. The van der Waals surface area contributed by atoms with Crippen LogP contribution in [0.1, 0.15) is 21.5 Å². The summed E-state index contributed by atoms with van der Waals surface area (Å²) in [4.78, 5) is 12.5. The van der Waals surface area contributed by atoms with Gasteiger partial charge in [-0.2, -0.15) is 12.8 Å². The molecule has 0 atom stereocenters. The van der Waals surface area contributed by atoms with Crippen molar-refractivity contribution in [3.8, 4) is 0 Å². The second-order valence-corrected chi connectivity index (χ2v) is 10.0. The Morgan fingerprint density at radius 2 is 1.38 bits per heavy atom. The van der Waals surface area contributed by atoms with E-state index in [0.717, 1.165) is 5.56 Å². The van der Waals surface area contributed by atoms with E-state index in [1.807, 2.05) is 6.92 Å². The largest absolute Gasteiger partial charge is 0.291 e. The lowest BCUT2D eigenvalue weighted by Crippen LogP contribution is -2.53. The number of aryl methyl sites for hydroxylation is 1. The van der Waals surface area contributed by atoms with Crippen molar-refractivity contribution in [2.75, 3.05) is 0 Å². The quantitative estimate of drug-likeness (QED) is 0.622. The van der Waals surface area contributed by atoms with E-state index >= 15 is 0 Å². The summed E-state index contributed by atoms with van der Waals surface area (Å²) in [5.41, 5.74) is 0.832. The van der Waals surface area contributed by atoms with E-state index in [2.05, 4.69) is 4.40 Å². The van der Waals surface area contributed by atoms with E-state index in [1.165, 1.54) is 24.3 Å². The van der Waals surface area contributed by atoms with Crippen LogP contribution in [0.5, 0.6) is 0 Å². The van der Waals surface area contributed by atoms with Crippen molar-refractivity contribution in [2.45, 2.75) is 20.5 Å². The zero-order chi connectivity index (χ0) is 19.3. The third kappa shape index (κ3) is 3.06. The molecule has 2 aromatic rings. The Morgan fingerprint density at radius 3 is 1.96 bits per heavy atom. The fourth-order valence-corrected chi connectivity index (χ4v) is 4.51. The molecule has 1 aliphatic carbocycles. The summed E-state index contributed by atoms with van der Waals surface area (Å²) in [7, 11) is -4.17. The normalized spacial score (nSPS) is 20.0. The highest BCUT2D eigenvalue weighted by molar-refractivity contribution is 7.90. The molecule has 9 heteroatoms. The molecule has 0 aromatic heterocycles. The molecule has 4 nitrogen and oxygen atoms in total. The molecule has 0 saturated carbocycles. The predicted molar refractivity (Wildman–Crippen MR) is 105 cm³/mol. The Hall–Kier alpha value is -1.11. The summed E-state index contributed by atoms with van der Waals surface area (Å²) < 4.78 is 24.7. The van der Waals surface area contributed by atoms with Gasteiger partial charge in [0.15, 0.2) is 0 Å². The van der Waals surface area contributed by atoms with Crippen molar-refractivity contribution in [3.63, 3.8) is 0 Å². The van der Waals surface area contributed by atoms with Gasteiger partial charge in [0.25, 0.3) is 10.0 Å². The van der Waals surface area contributed by atoms with Gasteiger partial charge in [0.05, 0.1) is 4.90 Å². The number of sulfonamides is 1. The fraction of sp³-hybridized carbons (Fsp3) is 0.176. The number of alkyl halides is 4. The second kappa shape index (κ2) is 6.50. The number of benzene rings is 2. The molecule has 0 aliphatic heterocycles. The highest BCUT2D eigenvalue weighted by Crippen LogP contribution is 2.51. The fourth-order valence-electron chi connectivity index (χ4n) is 2.51. The lowest BCUT2D eigenvalue weighted by Gasteiger charge is -2.37. The first-order valence-electron chi connectivity index (χ1n) is 7.30. The molecule has 0 saturated heterocycles. The molecule has 0 bridgehead atoms. The third-order valence-corrected chi connectivity index (χ3v) is 7.45. The van der Waals surface area contributed by atoms with Crippen LogP contribution in [0.3, 0.4) is 0 Å². The minimum Gasteiger partial charge on any atom is -0.291 e. The SMILES string of the molecule is Cc1ccc(S(=O)(=O)/N=C2/c3ccccc3C(=O)C(Cl)(Cl)C2(Cl)Cl)cc1. The minimum atomic E-state index is -4.17. The summed E-state index contributed by atoms with van der Waals surface area (Å²) in [6.45, 7) is 1.82. The molecule has 1 aliphatic rings. The van der Waals surface area contributed by atoms with Crippen LogP contribution in [-0.4, -0.2) is 28.6 Å². The molecule has 0 fully saturated rings. The molecule has 0 radical (unpaired) electrons. The highest BCUT2D eigenvalue weighted by Gasteiger charge is 2.61. The van der Waals surface area contributed by atoms with Gasteiger partial charge in [0.1, 0.15) is 5.71 Å². The van der Waals surface area contributed by atoms with Crippen molar-refractivity contribution < 1.29 is 13.2 Å². The van der Waals surface area contributed by atoms with Crippen molar-refractivity contribution in [3.05, 3.63) is 65.2 Å². The number of hydrogen-bond acceptors (Lipinski definition) is 3. The molecular weight excluding hydrogens is 440 g/mol. The molecule has 2 aromatic carbocycles. The van der Waals surface area contributed by atoms with Crippen LogP contribution in [0.15, 0.2) is 57.8 Å². The van der Waals surface area contributed by atoms with Crippen LogP contribution in [0.25, 0.3) is 0 Å². The summed E-state index contributed by atoms with van der Waals surface area (Å²) >= 11 is 24.7. The first kappa shape index (κ1) is 19.6. The number of Topliss-reactive ketones (excluding diaryl/α,β-unsaturated/α-hetero) is 1. The number of carbonyl (C=O) groups excluding carboxylic acids is 1. The number of nitrogens with zero attached hydrogens (tertiary/aromatic N) is 1. The summed E-state index contributed by atoms with van der Waals surface area (Å²) in [5, 5.41) is 0. The maximum atomic E-state index is 12.7. The van der Waals surface area contributed by atoms with Gasteiger partial charge in [-0.3, -0.25) is 4.79 Å². The summed E-state index contributed by atoms with van der Waals surface area (Å²) in [6.07, 6.45) is 0. The zero-order valence-corrected chi connectivity index (χ0v) is 17.1. The van der Waals surface area contributed by atoms with Crippen LogP contribution in [0.4, 0.5) is 0 Å². The molecule has 136 valence electrons. The van der Waals surface area contributed by atoms with E-state index in [9.17, 15) is 13.2 Å². The van der Waals surface area contributed by atoms with Crippen LogP contribution < -0.4 is 0 Å². The van der Waals surface area contributed by atoms with Crippen LogP contribution in [-0.2, 0) is 10.0 Å². The standard InChI is InChI=1S/C17H11Cl4NO3S/c1-10-6-8-11(9-7-10)26(24,25)22-14-12-4-2-3-5-13(12)15(23)17(20,21)16(14,18)19/h2-9H,1H3/b22-14-. The first-order valence-corrected chi connectivity index (χ1v) is 10.3. The van der Waals surface area contributed by atoms with Gasteiger partial charge in [0, 0.05) is 11.1 Å². The number of halogens is 4. The number of fused-ring (bicyclic) bond motifs is 1. The van der Waals surface area contributed by atoms with Gasteiger partial charge < -0.3 is 0 Å². The third-order valence-electron chi connectivity index (χ3n) is 3.93. The molecule has 0 N–H and O–H groups in total. The summed E-state index contributed by atoms with van der Waals surface area (Å²) in [6, 6.07) is 12.2. The molecular formula is C17H11Cl4NO3S. The lowest BCUT2D eigenvalue weighted by atomic mass is 9.87. The van der Waals surface area contributed by atoms with Gasteiger partial charge in [0.2, 0.25) is 14.4 Å². The number of ketones is 1. The van der Waals surface area contributed by atoms with Crippen LogP contribution in [0.2, 0.25) is 0 Å². The Balaban J connectivity index is 2.28. The van der Waals surface area contributed by atoms with E-state index < -0.39 is 24.5 Å². The highest BCUT2D eigenvalue weighted by atomic mass is 35.5. The Kier molecular flexibility index (Phi) is 4.91. The van der Waals surface area contributed by atoms with E-state index in [4.69, 9.17) is 46.4 Å². The maximum Gasteiger partial charge on any atom is 0.282 e. The summed E-state index contributed by atoms with van der Waals surface area (Å²) in [5.74, 6) is -0.729. The smallest absolute Gasteiger partial charge is 0.282 e. The number of hydrogen-bond donors (Lipinski definition) is 0. The van der Waals surface area contributed by atoms with Gasteiger partial charge >= 0.3 is 0 Å². The minimum absolute atomic E-state index is 0.0520. The topological polar surface area (TPSA) is 63.6 Å². The van der Waals surface area contributed by atoms with Gasteiger partial charge in [-0.05, 0) is 19.1 Å². The Bertz CT molecular complexity index is 1030. The van der Waals surface area contributed by atoms with Crippen molar-refractivity contribution >= 4 is 67.9 Å². The maximum absolute atomic E-state index is 12.7. The molecule has 0 spiro atoms. The van der Waals surface area contributed by atoms with E-state index in [-0.39, 0.29) is 21.7 Å². The molecule has 3 rings (SSSR count). The monoisotopic (exact) mass is 449 g/mol. The van der Waals surface area contributed by atoms with Crippen LogP contribution >= 0.6 is 46.4 Å². The Morgan fingerprint density at radius 1 is 0.846 bits per heavy atom. The van der Waals surface area contributed by atoms with Crippen molar-refractivity contribution in [1.29, 1.82) is 0 Å². The molecule has 26 heavy (non-hydrogen) atoms. The second-order valence-electron chi connectivity index (χ2n) is 5.75. The predicted octanol–water partition coefficient (Wildman–Crippen LogP) is 4.72. The van der Waals surface area contributed by atoms with Gasteiger partial charge in [-0.1, -0.05) is 88.4 Å². The van der Waals surface area contributed by atoms with Crippen LogP contribution in [0, 0.1) is 6.92 Å². The Labute approximate surface area is 170 Å². The van der Waals surface area contributed by atoms with E-state index in [1.54, 1.807) is 24.3 Å².